The highest BCUT2D eigenvalue weighted by atomic mass is 15.3. The van der Waals surface area contributed by atoms with Crippen LogP contribution in [0.3, 0.4) is 0 Å². The first-order valence-electron chi connectivity index (χ1n) is 6.24. The molecule has 3 unspecified atom stereocenters. The maximum atomic E-state index is 3.60. The Morgan fingerprint density at radius 1 is 1.33 bits per heavy atom. The normalized spacial score (nSPS) is 30.0. The SMILES string of the molecule is CCNC1CN(C(C)CC)CC1N(C)C. The van der Waals surface area contributed by atoms with Gasteiger partial charge in [-0.1, -0.05) is 13.8 Å². The van der Waals surface area contributed by atoms with Crippen molar-refractivity contribution in [2.75, 3.05) is 33.7 Å². The predicted molar refractivity (Wildman–Crippen MR) is 66.3 cm³/mol. The predicted octanol–water partition coefficient (Wildman–Crippen LogP) is 1.01. The van der Waals surface area contributed by atoms with Gasteiger partial charge >= 0.3 is 0 Å². The van der Waals surface area contributed by atoms with Gasteiger partial charge in [0.05, 0.1) is 0 Å². The van der Waals surface area contributed by atoms with E-state index in [0.29, 0.717) is 12.1 Å². The Labute approximate surface area is 94.8 Å². The van der Waals surface area contributed by atoms with E-state index in [4.69, 9.17) is 0 Å². The molecule has 0 saturated carbocycles. The molecule has 1 saturated heterocycles. The van der Waals surface area contributed by atoms with Crippen LogP contribution in [0.1, 0.15) is 27.2 Å². The number of hydrogen-bond acceptors (Lipinski definition) is 3. The summed E-state index contributed by atoms with van der Waals surface area (Å²) < 4.78 is 0. The highest BCUT2D eigenvalue weighted by Crippen LogP contribution is 2.18. The van der Waals surface area contributed by atoms with Gasteiger partial charge in [0.15, 0.2) is 0 Å². The Morgan fingerprint density at radius 2 is 2.00 bits per heavy atom. The summed E-state index contributed by atoms with van der Waals surface area (Å²) in [5.74, 6) is 0. The minimum atomic E-state index is 0.638. The van der Waals surface area contributed by atoms with Crippen molar-refractivity contribution in [1.29, 1.82) is 0 Å². The lowest BCUT2D eigenvalue weighted by Gasteiger charge is -2.25. The first kappa shape index (κ1) is 12.9. The molecular formula is C12H27N3. The van der Waals surface area contributed by atoms with Crippen LogP contribution in [0.25, 0.3) is 0 Å². The first-order chi connectivity index (χ1) is 7.10. The van der Waals surface area contributed by atoms with Crippen molar-refractivity contribution in [2.45, 2.75) is 45.3 Å². The van der Waals surface area contributed by atoms with Gasteiger partial charge in [0.1, 0.15) is 0 Å². The molecule has 1 aliphatic heterocycles. The highest BCUT2D eigenvalue weighted by Gasteiger charge is 2.34. The third-order valence-corrected chi connectivity index (χ3v) is 3.66. The molecule has 1 fully saturated rings. The molecule has 0 amide bonds. The summed E-state index contributed by atoms with van der Waals surface area (Å²) in [6.45, 7) is 10.3. The van der Waals surface area contributed by atoms with Crippen LogP contribution in [-0.2, 0) is 0 Å². The fraction of sp³-hybridized carbons (Fsp3) is 1.00. The average molecular weight is 213 g/mol. The number of hydrogen-bond donors (Lipinski definition) is 1. The van der Waals surface area contributed by atoms with Crippen LogP contribution in [0.2, 0.25) is 0 Å². The van der Waals surface area contributed by atoms with Crippen LogP contribution in [0, 0.1) is 0 Å². The highest BCUT2D eigenvalue weighted by molar-refractivity contribution is 4.95. The maximum Gasteiger partial charge on any atom is 0.0383 e. The number of likely N-dealkylation sites (N-methyl/N-ethyl adjacent to an activating group) is 2. The minimum Gasteiger partial charge on any atom is -0.311 e. The van der Waals surface area contributed by atoms with Gasteiger partial charge in [-0.05, 0) is 34.0 Å². The molecule has 3 nitrogen and oxygen atoms in total. The lowest BCUT2D eigenvalue weighted by atomic mass is 10.1. The van der Waals surface area contributed by atoms with E-state index in [9.17, 15) is 0 Å². The molecule has 3 heteroatoms. The topological polar surface area (TPSA) is 18.5 Å². The molecular weight excluding hydrogens is 186 g/mol. The molecule has 1 heterocycles. The summed E-state index contributed by atoms with van der Waals surface area (Å²) >= 11 is 0. The van der Waals surface area contributed by atoms with E-state index >= 15 is 0 Å². The Bertz CT molecular complexity index is 182. The zero-order chi connectivity index (χ0) is 11.4. The smallest absolute Gasteiger partial charge is 0.0383 e. The van der Waals surface area contributed by atoms with Gasteiger partial charge in [-0.15, -0.1) is 0 Å². The van der Waals surface area contributed by atoms with Crippen molar-refractivity contribution >= 4 is 0 Å². The van der Waals surface area contributed by atoms with E-state index in [-0.39, 0.29) is 0 Å². The van der Waals surface area contributed by atoms with Gasteiger partial charge in [-0.2, -0.15) is 0 Å². The van der Waals surface area contributed by atoms with Crippen LogP contribution in [0.5, 0.6) is 0 Å². The summed E-state index contributed by atoms with van der Waals surface area (Å²) in [4.78, 5) is 4.97. The lowest BCUT2D eigenvalue weighted by molar-refractivity contribution is 0.221. The van der Waals surface area contributed by atoms with Crippen molar-refractivity contribution < 1.29 is 0 Å². The summed E-state index contributed by atoms with van der Waals surface area (Å²) in [6, 6.07) is 2.02. The van der Waals surface area contributed by atoms with E-state index in [1.165, 1.54) is 19.5 Å². The second-order valence-corrected chi connectivity index (χ2v) is 4.91. The zero-order valence-electron chi connectivity index (χ0n) is 11.0. The molecule has 0 bridgehead atoms. The van der Waals surface area contributed by atoms with Crippen molar-refractivity contribution in [1.82, 2.24) is 15.1 Å². The molecule has 90 valence electrons. The molecule has 15 heavy (non-hydrogen) atoms. The molecule has 0 aromatic rings. The summed E-state index contributed by atoms with van der Waals surface area (Å²) in [5.41, 5.74) is 0. The number of nitrogens with zero attached hydrogens (tertiary/aromatic N) is 2. The van der Waals surface area contributed by atoms with E-state index in [1.54, 1.807) is 0 Å². The summed E-state index contributed by atoms with van der Waals surface area (Å²) in [7, 11) is 4.38. The largest absolute Gasteiger partial charge is 0.311 e. The summed E-state index contributed by atoms with van der Waals surface area (Å²) in [6.07, 6.45) is 1.25. The Hall–Kier alpha value is -0.120. The van der Waals surface area contributed by atoms with Crippen molar-refractivity contribution in [3.05, 3.63) is 0 Å². The second kappa shape index (κ2) is 5.83. The van der Waals surface area contributed by atoms with Crippen molar-refractivity contribution in [3.63, 3.8) is 0 Å². The number of likely N-dealkylation sites (tertiary alicyclic amines) is 1. The van der Waals surface area contributed by atoms with E-state index < -0.39 is 0 Å². The molecule has 0 aromatic heterocycles. The van der Waals surface area contributed by atoms with Gasteiger partial charge in [-0.3, -0.25) is 4.90 Å². The number of nitrogens with one attached hydrogen (secondary N) is 1. The molecule has 3 atom stereocenters. The van der Waals surface area contributed by atoms with Crippen LogP contribution >= 0.6 is 0 Å². The van der Waals surface area contributed by atoms with Gasteiger partial charge in [0, 0.05) is 31.2 Å². The van der Waals surface area contributed by atoms with Crippen LogP contribution in [0.4, 0.5) is 0 Å². The summed E-state index contributed by atoms with van der Waals surface area (Å²) in [5, 5.41) is 3.60. The van der Waals surface area contributed by atoms with Crippen LogP contribution in [0.15, 0.2) is 0 Å². The quantitative estimate of drug-likeness (QED) is 0.735. The number of rotatable bonds is 5. The van der Waals surface area contributed by atoms with Gasteiger partial charge in [-0.25, -0.2) is 0 Å². The van der Waals surface area contributed by atoms with E-state index in [0.717, 1.165) is 12.6 Å². The molecule has 1 rings (SSSR count). The molecule has 0 spiro atoms. The molecule has 1 aliphatic rings. The molecule has 0 aliphatic carbocycles. The zero-order valence-corrected chi connectivity index (χ0v) is 11.0. The Morgan fingerprint density at radius 3 is 2.47 bits per heavy atom. The lowest BCUT2D eigenvalue weighted by Crippen LogP contribution is -2.46. The fourth-order valence-electron chi connectivity index (χ4n) is 2.42. The second-order valence-electron chi connectivity index (χ2n) is 4.91. The van der Waals surface area contributed by atoms with Gasteiger partial charge in [0.2, 0.25) is 0 Å². The van der Waals surface area contributed by atoms with E-state index in [2.05, 4.69) is 50.0 Å². The monoisotopic (exact) mass is 213 g/mol. The third kappa shape index (κ3) is 3.16. The Kier molecular flexibility index (Phi) is 5.03. The molecule has 1 N–H and O–H groups in total. The van der Waals surface area contributed by atoms with E-state index in [1.807, 2.05) is 0 Å². The molecule has 0 aromatic carbocycles. The maximum absolute atomic E-state index is 3.60. The van der Waals surface area contributed by atoms with Crippen LogP contribution in [-0.4, -0.2) is 61.7 Å². The van der Waals surface area contributed by atoms with Crippen LogP contribution < -0.4 is 5.32 Å². The average Bonchev–Trinajstić information content (AvgIpc) is 2.61. The Balaban J connectivity index is 2.56. The first-order valence-corrected chi connectivity index (χ1v) is 6.24. The van der Waals surface area contributed by atoms with Gasteiger partial charge in [0.25, 0.3) is 0 Å². The van der Waals surface area contributed by atoms with Gasteiger partial charge < -0.3 is 10.2 Å². The third-order valence-electron chi connectivity index (χ3n) is 3.66. The molecule has 0 radical (unpaired) electrons. The standard InChI is InChI=1S/C12H27N3/c1-6-10(3)15-8-11(13-7-2)12(9-15)14(4)5/h10-13H,6-9H2,1-5H3. The minimum absolute atomic E-state index is 0.638. The van der Waals surface area contributed by atoms with Crippen molar-refractivity contribution in [3.8, 4) is 0 Å². The fourth-order valence-corrected chi connectivity index (χ4v) is 2.42. The van der Waals surface area contributed by atoms with Crippen molar-refractivity contribution in [2.24, 2.45) is 0 Å².